The molecule has 0 unspecified atom stereocenters. The lowest BCUT2D eigenvalue weighted by Gasteiger charge is -2.29. The summed E-state index contributed by atoms with van der Waals surface area (Å²) in [6, 6.07) is 17.3. The molecule has 6 nitrogen and oxygen atoms in total. The number of nitrogens with two attached hydrogens (primary N) is 1. The summed E-state index contributed by atoms with van der Waals surface area (Å²) in [5.74, 6) is 0.386. The number of ether oxygens (including phenoxy) is 1. The zero-order valence-corrected chi connectivity index (χ0v) is 15.3. The average Bonchev–Trinajstić information content (AvgIpc) is 2.68. The van der Waals surface area contributed by atoms with E-state index in [1.807, 2.05) is 59.5 Å². The summed E-state index contributed by atoms with van der Waals surface area (Å²) in [6.07, 6.45) is 1.44. The first-order valence-corrected chi connectivity index (χ1v) is 9.18. The summed E-state index contributed by atoms with van der Waals surface area (Å²) in [5, 5.41) is 2.90. The maximum absolute atomic E-state index is 12.2. The van der Waals surface area contributed by atoms with E-state index in [2.05, 4.69) is 5.32 Å². The third kappa shape index (κ3) is 5.82. The molecule has 1 aliphatic rings. The molecule has 0 aromatic heterocycles. The number of piperidine rings is 1. The molecule has 3 N–H and O–H groups in total. The third-order valence-corrected chi connectivity index (χ3v) is 4.74. The van der Waals surface area contributed by atoms with Crippen molar-refractivity contribution in [3.05, 3.63) is 60.2 Å². The number of nitrogens with one attached hydrogen (secondary N) is 1. The fraction of sp³-hybridized carbons (Fsp3) is 0.333. The number of primary amides is 1. The Morgan fingerprint density at radius 2 is 1.70 bits per heavy atom. The molecule has 2 aromatic carbocycles. The number of anilines is 1. The minimum absolute atomic E-state index is 0.0623. The van der Waals surface area contributed by atoms with Crippen molar-refractivity contribution in [3.63, 3.8) is 0 Å². The molecule has 0 radical (unpaired) electrons. The zero-order chi connectivity index (χ0) is 19.1. The zero-order valence-electron chi connectivity index (χ0n) is 15.3. The number of benzene rings is 2. The number of carbonyl (C=O) groups is 2. The summed E-state index contributed by atoms with van der Waals surface area (Å²) in [7, 11) is 0. The van der Waals surface area contributed by atoms with Gasteiger partial charge in [-0.05, 0) is 55.8 Å². The topological polar surface area (TPSA) is 84.7 Å². The van der Waals surface area contributed by atoms with E-state index in [0.717, 1.165) is 29.8 Å². The highest BCUT2D eigenvalue weighted by molar-refractivity contribution is 5.92. The van der Waals surface area contributed by atoms with E-state index in [0.29, 0.717) is 26.2 Å². The lowest BCUT2D eigenvalue weighted by atomic mass is 9.96. The van der Waals surface area contributed by atoms with Gasteiger partial charge >= 0.3 is 0 Å². The van der Waals surface area contributed by atoms with Crippen LogP contribution in [0.2, 0.25) is 0 Å². The van der Waals surface area contributed by atoms with Crippen LogP contribution in [-0.4, -0.2) is 36.3 Å². The monoisotopic (exact) mass is 367 g/mol. The van der Waals surface area contributed by atoms with E-state index in [-0.39, 0.29) is 17.7 Å². The van der Waals surface area contributed by atoms with Crippen molar-refractivity contribution in [2.24, 2.45) is 11.7 Å². The molecular weight excluding hydrogens is 342 g/mol. The standard InChI is InChI=1S/C21H25N3O3/c22-21(26)17-10-12-24(13-11-17)14-20(25)23-18-6-8-19(9-7-18)27-15-16-4-2-1-3-5-16/h1-9,17H,10-15H2,(H2,22,26)(H,23,25). The Labute approximate surface area is 159 Å². The van der Waals surface area contributed by atoms with Gasteiger partial charge in [-0.15, -0.1) is 0 Å². The minimum atomic E-state index is -0.242. The van der Waals surface area contributed by atoms with Crippen molar-refractivity contribution >= 4 is 17.5 Å². The quantitative estimate of drug-likeness (QED) is 0.787. The number of rotatable bonds is 7. The Kier molecular flexibility index (Phi) is 6.44. The van der Waals surface area contributed by atoms with Gasteiger partial charge in [0.05, 0.1) is 6.54 Å². The maximum atomic E-state index is 12.2. The lowest BCUT2D eigenvalue weighted by Crippen LogP contribution is -2.42. The molecule has 142 valence electrons. The van der Waals surface area contributed by atoms with Crippen molar-refractivity contribution in [3.8, 4) is 5.75 Å². The first-order chi connectivity index (χ1) is 13.1. The predicted molar refractivity (Wildman–Crippen MR) is 104 cm³/mol. The number of hydrogen-bond acceptors (Lipinski definition) is 4. The summed E-state index contributed by atoms with van der Waals surface area (Å²) in [5.41, 5.74) is 7.18. The largest absolute Gasteiger partial charge is 0.489 e. The van der Waals surface area contributed by atoms with E-state index in [1.54, 1.807) is 0 Å². The van der Waals surface area contributed by atoms with Gasteiger partial charge in [-0.3, -0.25) is 14.5 Å². The van der Waals surface area contributed by atoms with E-state index in [9.17, 15) is 9.59 Å². The second kappa shape index (κ2) is 9.19. The fourth-order valence-electron chi connectivity index (χ4n) is 3.15. The Morgan fingerprint density at radius 3 is 2.33 bits per heavy atom. The molecule has 1 heterocycles. The molecule has 0 bridgehead atoms. The molecule has 0 atom stereocenters. The predicted octanol–water partition coefficient (Wildman–Crippen LogP) is 2.40. The van der Waals surface area contributed by atoms with E-state index < -0.39 is 0 Å². The molecule has 1 aliphatic heterocycles. The highest BCUT2D eigenvalue weighted by atomic mass is 16.5. The van der Waals surface area contributed by atoms with Crippen LogP contribution in [0.4, 0.5) is 5.69 Å². The summed E-state index contributed by atoms with van der Waals surface area (Å²) < 4.78 is 5.74. The fourth-order valence-corrected chi connectivity index (χ4v) is 3.15. The van der Waals surface area contributed by atoms with E-state index >= 15 is 0 Å². The molecule has 0 saturated carbocycles. The SMILES string of the molecule is NC(=O)C1CCN(CC(=O)Nc2ccc(OCc3ccccc3)cc2)CC1. The number of likely N-dealkylation sites (tertiary alicyclic amines) is 1. The van der Waals surface area contributed by atoms with Crippen LogP contribution >= 0.6 is 0 Å². The van der Waals surface area contributed by atoms with Gasteiger partial charge in [0.2, 0.25) is 11.8 Å². The van der Waals surface area contributed by atoms with Gasteiger partial charge in [-0.1, -0.05) is 30.3 Å². The first-order valence-electron chi connectivity index (χ1n) is 9.18. The lowest BCUT2D eigenvalue weighted by molar-refractivity contribution is -0.123. The number of carbonyl (C=O) groups excluding carboxylic acids is 2. The van der Waals surface area contributed by atoms with Gasteiger partial charge in [0, 0.05) is 11.6 Å². The molecule has 27 heavy (non-hydrogen) atoms. The van der Waals surface area contributed by atoms with Gasteiger partial charge in [-0.2, -0.15) is 0 Å². The van der Waals surface area contributed by atoms with Crippen molar-refractivity contribution in [2.45, 2.75) is 19.4 Å². The Bertz CT molecular complexity index is 754. The smallest absolute Gasteiger partial charge is 0.238 e. The Balaban J connectivity index is 1.42. The van der Waals surface area contributed by atoms with Crippen LogP contribution in [0.1, 0.15) is 18.4 Å². The van der Waals surface area contributed by atoms with Crippen LogP contribution in [0.3, 0.4) is 0 Å². The molecule has 1 fully saturated rings. The van der Waals surface area contributed by atoms with E-state index in [1.165, 1.54) is 0 Å². The third-order valence-electron chi connectivity index (χ3n) is 4.74. The van der Waals surface area contributed by atoms with Crippen molar-refractivity contribution in [1.82, 2.24) is 4.90 Å². The summed E-state index contributed by atoms with van der Waals surface area (Å²) in [6.45, 7) is 2.26. The average molecular weight is 367 g/mol. The molecule has 2 aromatic rings. The molecule has 3 rings (SSSR count). The number of amides is 2. The van der Waals surface area contributed by atoms with Crippen molar-refractivity contribution < 1.29 is 14.3 Å². The van der Waals surface area contributed by atoms with Crippen LogP contribution in [0.5, 0.6) is 5.75 Å². The van der Waals surface area contributed by atoms with Gasteiger partial charge in [0.25, 0.3) is 0 Å². The van der Waals surface area contributed by atoms with Crippen LogP contribution in [-0.2, 0) is 16.2 Å². The molecule has 0 aliphatic carbocycles. The normalized spacial score (nSPS) is 15.3. The molecule has 2 amide bonds. The Hall–Kier alpha value is -2.86. The second-order valence-electron chi connectivity index (χ2n) is 6.80. The van der Waals surface area contributed by atoms with Crippen molar-refractivity contribution in [1.29, 1.82) is 0 Å². The van der Waals surface area contributed by atoms with Gasteiger partial charge in [0.15, 0.2) is 0 Å². The van der Waals surface area contributed by atoms with Crippen LogP contribution < -0.4 is 15.8 Å². The van der Waals surface area contributed by atoms with Gasteiger partial charge in [0.1, 0.15) is 12.4 Å². The molecule has 1 saturated heterocycles. The summed E-state index contributed by atoms with van der Waals surface area (Å²) in [4.78, 5) is 25.5. The highest BCUT2D eigenvalue weighted by Gasteiger charge is 2.24. The highest BCUT2D eigenvalue weighted by Crippen LogP contribution is 2.18. The number of hydrogen-bond donors (Lipinski definition) is 2. The van der Waals surface area contributed by atoms with Gasteiger partial charge < -0.3 is 15.8 Å². The minimum Gasteiger partial charge on any atom is -0.489 e. The van der Waals surface area contributed by atoms with Crippen LogP contribution in [0.25, 0.3) is 0 Å². The maximum Gasteiger partial charge on any atom is 0.238 e. The molecule has 6 heteroatoms. The van der Waals surface area contributed by atoms with Crippen LogP contribution in [0.15, 0.2) is 54.6 Å². The van der Waals surface area contributed by atoms with Crippen LogP contribution in [0, 0.1) is 5.92 Å². The number of nitrogens with zero attached hydrogens (tertiary/aromatic N) is 1. The second-order valence-corrected chi connectivity index (χ2v) is 6.80. The molecular formula is C21H25N3O3. The molecule has 0 spiro atoms. The summed E-state index contributed by atoms with van der Waals surface area (Å²) >= 11 is 0. The van der Waals surface area contributed by atoms with E-state index in [4.69, 9.17) is 10.5 Å². The Morgan fingerprint density at radius 1 is 1.04 bits per heavy atom. The van der Waals surface area contributed by atoms with Gasteiger partial charge in [-0.25, -0.2) is 0 Å². The first kappa shape index (κ1) is 18.9. The van der Waals surface area contributed by atoms with Crippen molar-refractivity contribution in [2.75, 3.05) is 25.0 Å².